The quantitative estimate of drug-likeness (QED) is 0.264. The van der Waals surface area contributed by atoms with Crippen LogP contribution in [0.4, 0.5) is 10.5 Å². The van der Waals surface area contributed by atoms with Gasteiger partial charge in [-0.3, -0.25) is 19.3 Å². The number of methoxy groups -OCH3 is 2. The molecule has 0 bridgehead atoms. The van der Waals surface area contributed by atoms with Crippen LogP contribution in [0.25, 0.3) is 6.08 Å². The molecule has 1 aliphatic heterocycles. The molecule has 12 heteroatoms. The van der Waals surface area contributed by atoms with E-state index in [1.807, 2.05) is 0 Å². The van der Waals surface area contributed by atoms with Gasteiger partial charge in [-0.05, 0) is 65.9 Å². The predicted octanol–water partition coefficient (Wildman–Crippen LogP) is 6.92. The Bertz CT molecular complexity index is 1480. The molecule has 39 heavy (non-hydrogen) atoms. The molecule has 8 nitrogen and oxygen atoms in total. The zero-order valence-electron chi connectivity index (χ0n) is 20.6. The van der Waals surface area contributed by atoms with Crippen LogP contribution in [0.5, 0.6) is 17.2 Å². The Kier molecular flexibility index (Phi) is 9.29. The molecule has 4 rings (SSSR count). The molecular weight excluding hydrogens is 587 g/mol. The molecule has 0 atom stereocenters. The number of thioether (sulfide) groups is 1. The van der Waals surface area contributed by atoms with Crippen molar-refractivity contribution in [1.82, 2.24) is 4.90 Å². The summed E-state index contributed by atoms with van der Waals surface area (Å²) >= 11 is 19.0. The van der Waals surface area contributed by atoms with Crippen LogP contribution >= 0.6 is 46.6 Å². The summed E-state index contributed by atoms with van der Waals surface area (Å²) < 4.78 is 16.4. The van der Waals surface area contributed by atoms with Crippen molar-refractivity contribution in [2.75, 3.05) is 26.1 Å². The number of carbonyl (C=O) groups is 3. The van der Waals surface area contributed by atoms with E-state index in [4.69, 9.17) is 49.0 Å². The van der Waals surface area contributed by atoms with Crippen LogP contribution in [0.1, 0.15) is 11.1 Å². The number of rotatable bonds is 9. The van der Waals surface area contributed by atoms with Gasteiger partial charge in [0, 0.05) is 21.3 Å². The highest BCUT2D eigenvalue weighted by molar-refractivity contribution is 8.18. The van der Waals surface area contributed by atoms with E-state index in [0.717, 1.165) is 22.2 Å². The molecule has 1 saturated heterocycles. The summed E-state index contributed by atoms with van der Waals surface area (Å²) in [7, 11) is 2.97. The second kappa shape index (κ2) is 12.7. The van der Waals surface area contributed by atoms with Crippen molar-refractivity contribution < 1.29 is 28.6 Å². The Morgan fingerprint density at radius 3 is 2.36 bits per heavy atom. The Balaban J connectivity index is 1.42. The molecule has 1 heterocycles. The summed E-state index contributed by atoms with van der Waals surface area (Å²) in [6.07, 6.45) is 1.55. The van der Waals surface area contributed by atoms with Crippen molar-refractivity contribution in [3.05, 3.63) is 85.7 Å². The Hall–Kier alpha value is -3.37. The number of hydrogen-bond acceptors (Lipinski definition) is 7. The van der Waals surface area contributed by atoms with E-state index in [1.165, 1.54) is 20.3 Å². The number of nitrogens with zero attached hydrogens (tertiary/aromatic N) is 1. The topological polar surface area (TPSA) is 94.2 Å². The smallest absolute Gasteiger partial charge is 0.294 e. The van der Waals surface area contributed by atoms with Gasteiger partial charge >= 0.3 is 0 Å². The molecule has 0 aliphatic carbocycles. The molecule has 0 saturated carbocycles. The fourth-order valence-corrected chi connectivity index (χ4v) is 5.12. The highest BCUT2D eigenvalue weighted by Gasteiger charge is 2.36. The Morgan fingerprint density at radius 2 is 1.67 bits per heavy atom. The highest BCUT2D eigenvalue weighted by atomic mass is 35.5. The van der Waals surface area contributed by atoms with Gasteiger partial charge in [0.05, 0.1) is 24.1 Å². The first kappa shape index (κ1) is 28.6. The molecule has 0 radical (unpaired) electrons. The molecule has 1 fully saturated rings. The summed E-state index contributed by atoms with van der Waals surface area (Å²) in [5, 5.41) is 3.38. The van der Waals surface area contributed by atoms with E-state index in [-0.39, 0.29) is 11.5 Å². The molecule has 3 amide bonds. The number of carbonyl (C=O) groups excluding carboxylic acids is 3. The van der Waals surface area contributed by atoms with Crippen LogP contribution < -0.4 is 19.5 Å². The number of anilines is 1. The number of nitrogens with one attached hydrogen (secondary N) is 1. The van der Waals surface area contributed by atoms with Crippen LogP contribution in [-0.4, -0.2) is 42.7 Å². The first-order chi connectivity index (χ1) is 18.7. The van der Waals surface area contributed by atoms with Gasteiger partial charge in [-0.15, -0.1) is 0 Å². The number of benzene rings is 3. The summed E-state index contributed by atoms with van der Waals surface area (Å²) in [4.78, 5) is 39.0. The molecule has 202 valence electrons. The molecule has 1 N–H and O–H groups in total. The van der Waals surface area contributed by atoms with Crippen molar-refractivity contribution in [1.29, 1.82) is 0 Å². The van der Waals surface area contributed by atoms with Crippen molar-refractivity contribution in [3.63, 3.8) is 0 Å². The third-order valence-electron chi connectivity index (χ3n) is 5.49. The van der Waals surface area contributed by atoms with Crippen LogP contribution in [0.2, 0.25) is 15.1 Å². The van der Waals surface area contributed by atoms with Crippen LogP contribution in [0.15, 0.2) is 59.5 Å². The minimum atomic E-state index is -0.579. The summed E-state index contributed by atoms with van der Waals surface area (Å²) in [6, 6.07) is 14.9. The number of imide groups is 1. The fraction of sp³-hybridized carbons (Fsp3) is 0.148. The maximum Gasteiger partial charge on any atom is 0.294 e. The second-order valence-corrected chi connectivity index (χ2v) is 10.3. The van der Waals surface area contributed by atoms with E-state index >= 15 is 0 Å². The van der Waals surface area contributed by atoms with E-state index in [1.54, 1.807) is 54.6 Å². The average Bonchev–Trinajstić information content (AvgIpc) is 3.15. The average molecular weight is 608 g/mol. The zero-order valence-corrected chi connectivity index (χ0v) is 23.7. The van der Waals surface area contributed by atoms with Crippen molar-refractivity contribution >= 4 is 75.4 Å². The predicted molar refractivity (Wildman–Crippen MR) is 153 cm³/mol. The lowest BCUT2D eigenvalue weighted by molar-refractivity contribution is -0.127. The number of hydrogen-bond donors (Lipinski definition) is 1. The van der Waals surface area contributed by atoms with Crippen molar-refractivity contribution in [2.45, 2.75) is 6.61 Å². The van der Waals surface area contributed by atoms with E-state index in [0.29, 0.717) is 43.6 Å². The van der Waals surface area contributed by atoms with Crippen molar-refractivity contribution in [3.8, 4) is 17.2 Å². The van der Waals surface area contributed by atoms with Crippen LogP contribution in [0.3, 0.4) is 0 Å². The van der Waals surface area contributed by atoms with Gasteiger partial charge in [-0.1, -0.05) is 46.9 Å². The number of halogens is 3. The lowest BCUT2D eigenvalue weighted by Crippen LogP contribution is -2.36. The standard InChI is InChI=1S/C27H21Cl3N2O6S/c1-36-21-8-6-18(12-20(21)30)31-25(33)13-32-26(34)24(39-27(32)35)10-15-3-7-22(23(9-15)37-2)38-14-16-4-5-17(28)11-19(16)29/h3-12H,13-14H2,1-2H3,(H,31,33)/b24-10+. The number of ether oxygens (including phenoxy) is 3. The molecule has 3 aromatic rings. The monoisotopic (exact) mass is 606 g/mol. The van der Waals surface area contributed by atoms with E-state index in [2.05, 4.69) is 5.32 Å². The third kappa shape index (κ3) is 6.99. The Labute approximate surface area is 243 Å². The highest BCUT2D eigenvalue weighted by Crippen LogP contribution is 2.35. The maximum atomic E-state index is 12.9. The first-order valence-corrected chi connectivity index (χ1v) is 13.3. The molecule has 0 spiro atoms. The van der Waals surface area contributed by atoms with E-state index < -0.39 is 23.6 Å². The largest absolute Gasteiger partial charge is 0.495 e. The summed E-state index contributed by atoms with van der Waals surface area (Å²) in [5.74, 6) is 0.205. The molecule has 0 aromatic heterocycles. The minimum absolute atomic E-state index is 0.170. The second-order valence-electron chi connectivity index (χ2n) is 8.10. The van der Waals surface area contributed by atoms with Gasteiger partial charge < -0.3 is 19.5 Å². The normalized spacial score (nSPS) is 14.1. The van der Waals surface area contributed by atoms with Gasteiger partial charge in [0.15, 0.2) is 11.5 Å². The third-order valence-corrected chi connectivity index (χ3v) is 7.28. The molecule has 1 aliphatic rings. The van der Waals surface area contributed by atoms with Gasteiger partial charge in [-0.25, -0.2) is 0 Å². The fourth-order valence-electron chi connectivity index (χ4n) is 3.56. The van der Waals surface area contributed by atoms with Gasteiger partial charge in [0.1, 0.15) is 18.9 Å². The van der Waals surface area contributed by atoms with Gasteiger partial charge in [0.2, 0.25) is 5.91 Å². The lowest BCUT2D eigenvalue weighted by atomic mass is 10.1. The van der Waals surface area contributed by atoms with E-state index in [9.17, 15) is 14.4 Å². The first-order valence-electron chi connectivity index (χ1n) is 11.3. The van der Waals surface area contributed by atoms with Crippen LogP contribution in [0, 0.1) is 0 Å². The van der Waals surface area contributed by atoms with Gasteiger partial charge in [-0.2, -0.15) is 0 Å². The zero-order chi connectivity index (χ0) is 28.1. The summed E-state index contributed by atoms with van der Waals surface area (Å²) in [6.45, 7) is -0.260. The number of amides is 3. The lowest BCUT2D eigenvalue weighted by Gasteiger charge is -2.13. The van der Waals surface area contributed by atoms with Crippen LogP contribution in [-0.2, 0) is 16.2 Å². The maximum absolute atomic E-state index is 12.9. The van der Waals surface area contributed by atoms with Crippen molar-refractivity contribution in [2.24, 2.45) is 0 Å². The Morgan fingerprint density at radius 1 is 0.923 bits per heavy atom. The summed E-state index contributed by atoms with van der Waals surface area (Å²) in [5.41, 5.74) is 1.76. The van der Waals surface area contributed by atoms with Gasteiger partial charge in [0.25, 0.3) is 11.1 Å². The molecule has 0 unspecified atom stereocenters. The molecular formula is C27H21Cl3N2O6S. The SMILES string of the molecule is COc1ccc(NC(=O)CN2C(=O)S/C(=C/c3ccc(OCc4ccc(Cl)cc4Cl)c(OC)c3)C2=O)cc1Cl. The minimum Gasteiger partial charge on any atom is -0.495 e. The molecule has 3 aromatic carbocycles.